The Morgan fingerprint density at radius 2 is 1.40 bits per heavy atom. The highest BCUT2D eigenvalue weighted by Gasteiger charge is 2.61. The Labute approximate surface area is 293 Å². The van der Waals surface area contributed by atoms with E-state index < -0.39 is 11.9 Å². The number of hydrogen-bond donors (Lipinski definition) is 0. The maximum absolute atomic E-state index is 7.23. The average Bonchev–Trinajstić information content (AvgIpc) is 3.60. The summed E-state index contributed by atoms with van der Waals surface area (Å²) in [5.74, 6) is -1.12. The van der Waals surface area contributed by atoms with Gasteiger partial charge in [0.2, 0.25) is 5.79 Å². The number of hydrogen-bond acceptors (Lipinski definition) is 7. The third-order valence-electron chi connectivity index (χ3n) is 9.87. The van der Waals surface area contributed by atoms with Gasteiger partial charge >= 0.3 is 0 Å². The molecule has 266 valence electrons. The molecule has 0 N–H and O–H groups in total. The lowest BCUT2D eigenvalue weighted by atomic mass is 9.86. The lowest BCUT2D eigenvalue weighted by Gasteiger charge is -2.51. The molecule has 1 fully saturated rings. The molecule has 5 atom stereocenters. The van der Waals surface area contributed by atoms with Gasteiger partial charge in [-0.15, -0.1) is 11.3 Å². The zero-order valence-electron chi connectivity index (χ0n) is 30.4. The highest BCUT2D eigenvalue weighted by atomic mass is 32.1. The first kappa shape index (κ1) is 37.4. The molecule has 3 heterocycles. The summed E-state index contributed by atoms with van der Waals surface area (Å²) in [7, 11) is 0. The van der Waals surface area contributed by atoms with Crippen molar-refractivity contribution >= 4 is 21.4 Å². The molecule has 0 bridgehead atoms. The zero-order valence-corrected chi connectivity index (χ0v) is 31.3. The molecule has 2 aliphatic rings. The van der Waals surface area contributed by atoms with Gasteiger partial charge < -0.3 is 28.4 Å². The minimum atomic E-state index is -1.12. The van der Waals surface area contributed by atoms with E-state index in [-0.39, 0.29) is 18.3 Å². The second-order valence-electron chi connectivity index (χ2n) is 13.6. The Morgan fingerprint density at radius 3 is 2.06 bits per heavy atom. The predicted octanol–water partition coefficient (Wildman–Crippen LogP) is 9.82. The van der Waals surface area contributed by atoms with Crippen molar-refractivity contribution in [2.45, 2.75) is 143 Å². The van der Waals surface area contributed by atoms with Gasteiger partial charge in [0.1, 0.15) is 24.4 Å². The molecule has 0 unspecified atom stereocenters. The quantitative estimate of drug-likeness (QED) is 0.111. The van der Waals surface area contributed by atoms with Crippen molar-refractivity contribution in [2.24, 2.45) is 0 Å². The van der Waals surface area contributed by atoms with Gasteiger partial charge in [0, 0.05) is 41.6 Å². The van der Waals surface area contributed by atoms with Gasteiger partial charge in [-0.2, -0.15) is 0 Å². The van der Waals surface area contributed by atoms with Gasteiger partial charge in [-0.1, -0.05) is 84.6 Å². The number of rotatable bonds is 20. The number of unbranched alkanes of at least 4 members (excludes halogenated alkanes) is 4. The van der Waals surface area contributed by atoms with Gasteiger partial charge in [0.15, 0.2) is 0 Å². The maximum Gasteiger partial charge on any atom is 0.225 e. The molecule has 7 heteroatoms. The second kappa shape index (κ2) is 18.4. The summed E-state index contributed by atoms with van der Waals surface area (Å²) < 4.78 is 42.0. The summed E-state index contributed by atoms with van der Waals surface area (Å²) in [6.45, 7) is 16.7. The third kappa shape index (κ3) is 8.54. The van der Waals surface area contributed by atoms with Crippen LogP contribution in [0, 0.1) is 6.92 Å². The van der Waals surface area contributed by atoms with Crippen LogP contribution in [0.1, 0.15) is 119 Å². The van der Waals surface area contributed by atoms with Gasteiger partial charge in [-0.05, 0) is 85.2 Å². The lowest BCUT2D eigenvalue weighted by molar-refractivity contribution is -0.384. The van der Waals surface area contributed by atoms with Crippen molar-refractivity contribution in [1.29, 1.82) is 0 Å². The van der Waals surface area contributed by atoms with Crippen LogP contribution in [0.15, 0.2) is 36.4 Å². The molecule has 5 rings (SSSR count). The van der Waals surface area contributed by atoms with Crippen molar-refractivity contribution in [2.75, 3.05) is 33.0 Å². The van der Waals surface area contributed by atoms with Crippen LogP contribution in [0.5, 0.6) is 0 Å². The average molecular weight is 681 g/mol. The van der Waals surface area contributed by atoms with Crippen molar-refractivity contribution in [1.82, 2.24) is 0 Å². The Morgan fingerprint density at radius 1 is 0.771 bits per heavy atom. The Bertz CT molecular complexity index is 1400. The fourth-order valence-corrected chi connectivity index (χ4v) is 8.05. The summed E-state index contributed by atoms with van der Waals surface area (Å²) in [4.78, 5) is 1.36. The molecule has 6 nitrogen and oxygen atoms in total. The molecular formula is C41H60O6S. The highest BCUT2D eigenvalue weighted by Crippen LogP contribution is 2.50. The predicted molar refractivity (Wildman–Crippen MR) is 196 cm³/mol. The topological polar surface area (TPSA) is 55.4 Å². The molecule has 0 saturated carbocycles. The second-order valence-corrected chi connectivity index (χ2v) is 14.8. The molecule has 1 spiro atoms. The number of aryl methyl sites for hydroxylation is 2. The summed E-state index contributed by atoms with van der Waals surface area (Å²) in [6.07, 6.45) is 8.57. The molecular weight excluding hydrogens is 621 g/mol. The summed E-state index contributed by atoms with van der Waals surface area (Å²) >= 11 is 1.87. The maximum atomic E-state index is 7.23. The highest BCUT2D eigenvalue weighted by molar-refractivity contribution is 7.19. The normalized spacial score (nSPS) is 23.8. The molecule has 1 saturated heterocycles. The van der Waals surface area contributed by atoms with Crippen LogP contribution < -0.4 is 0 Å². The monoisotopic (exact) mass is 680 g/mol. The van der Waals surface area contributed by atoms with E-state index in [4.69, 9.17) is 28.4 Å². The summed E-state index contributed by atoms with van der Waals surface area (Å²) in [6, 6.07) is 13.8. The van der Waals surface area contributed by atoms with Crippen molar-refractivity contribution < 1.29 is 28.4 Å². The standard InChI is InChI=1S/C41H60O6S/c1-7-12-20-42-28-36-38(43-21-13-8-2)39(44-22-14-9-3)40(45-23-15-10-4)41(47-36)35-26-34-33(24-31-18-16-30(11-5)17-19-31)29(6)48-37(34)25-32(35)27-46-41/h16-19,25-26,36,38-40H,7-15,20-24,27-28H2,1-6H3/t36-,38-,39+,40-,41+/m1/s1. The van der Waals surface area contributed by atoms with E-state index in [1.807, 2.05) is 11.3 Å². The lowest BCUT2D eigenvalue weighted by Crippen LogP contribution is -2.66. The van der Waals surface area contributed by atoms with E-state index in [0.717, 1.165) is 75.3 Å². The van der Waals surface area contributed by atoms with E-state index in [2.05, 4.69) is 77.9 Å². The largest absolute Gasteiger partial charge is 0.379 e. The number of ether oxygens (including phenoxy) is 6. The van der Waals surface area contributed by atoms with E-state index in [0.29, 0.717) is 39.6 Å². The van der Waals surface area contributed by atoms with E-state index in [9.17, 15) is 0 Å². The first-order valence-electron chi connectivity index (χ1n) is 18.9. The fraction of sp³-hybridized carbons (Fsp3) is 0.659. The van der Waals surface area contributed by atoms with Crippen LogP contribution in [0.3, 0.4) is 0 Å². The number of thiophene rings is 1. The fourth-order valence-electron chi connectivity index (χ4n) is 6.92. The van der Waals surface area contributed by atoms with Crippen LogP contribution in [-0.2, 0) is 53.7 Å². The van der Waals surface area contributed by atoms with Gasteiger partial charge in [-0.25, -0.2) is 0 Å². The van der Waals surface area contributed by atoms with Crippen LogP contribution in [0.25, 0.3) is 10.1 Å². The van der Waals surface area contributed by atoms with Crippen molar-refractivity contribution in [3.05, 3.63) is 69.1 Å². The molecule has 1 aromatic heterocycles. The molecule has 0 aliphatic carbocycles. The van der Waals surface area contributed by atoms with Gasteiger partial charge in [0.05, 0.1) is 13.2 Å². The number of fused-ring (bicyclic) bond motifs is 3. The molecule has 48 heavy (non-hydrogen) atoms. The molecule has 0 radical (unpaired) electrons. The van der Waals surface area contributed by atoms with E-state index >= 15 is 0 Å². The Kier molecular flexibility index (Phi) is 14.4. The Hall–Kier alpha value is -1.84. The van der Waals surface area contributed by atoms with Crippen molar-refractivity contribution in [3.63, 3.8) is 0 Å². The molecule has 0 amide bonds. The summed E-state index contributed by atoms with van der Waals surface area (Å²) in [5.41, 5.74) is 6.30. The number of benzene rings is 2. The molecule has 3 aromatic rings. The van der Waals surface area contributed by atoms with Crippen LogP contribution in [0.2, 0.25) is 0 Å². The minimum Gasteiger partial charge on any atom is -0.379 e. The Balaban J connectivity index is 1.58. The van der Waals surface area contributed by atoms with Crippen LogP contribution in [0.4, 0.5) is 0 Å². The third-order valence-corrected chi connectivity index (χ3v) is 11.0. The van der Waals surface area contributed by atoms with Gasteiger partial charge in [0.25, 0.3) is 0 Å². The SMILES string of the molecule is CCCCOC[C@H]1O[C@]2(OCc3cc4sc(C)c(Cc5ccc(CC)cc5)c4cc32)[C@H](OCCCC)[C@@H](OCCCC)[C@@H]1OCCCC. The molecule has 2 aliphatic heterocycles. The van der Waals surface area contributed by atoms with Crippen LogP contribution in [-0.4, -0.2) is 57.5 Å². The van der Waals surface area contributed by atoms with Gasteiger partial charge in [-0.3, -0.25) is 0 Å². The molecule has 2 aromatic carbocycles. The first-order chi connectivity index (χ1) is 23.5. The first-order valence-corrected chi connectivity index (χ1v) is 19.7. The van der Waals surface area contributed by atoms with E-state index in [1.165, 1.54) is 31.7 Å². The minimum absolute atomic E-state index is 0.325. The summed E-state index contributed by atoms with van der Waals surface area (Å²) in [5, 5.41) is 1.28. The smallest absolute Gasteiger partial charge is 0.225 e. The van der Waals surface area contributed by atoms with E-state index in [1.54, 1.807) is 0 Å². The van der Waals surface area contributed by atoms with Crippen molar-refractivity contribution in [3.8, 4) is 0 Å². The zero-order chi connectivity index (χ0) is 33.9. The van der Waals surface area contributed by atoms with Crippen LogP contribution >= 0.6 is 11.3 Å².